The smallest absolute Gasteiger partial charge is 0.0785 e. The molecule has 0 spiro atoms. The molecule has 90 valence electrons. The minimum Gasteiger partial charge on any atom is -0.391 e. The first-order valence-electron chi connectivity index (χ1n) is 5.54. The second kappa shape index (κ2) is 7.33. The van der Waals surface area contributed by atoms with Gasteiger partial charge < -0.3 is 15.2 Å². The summed E-state index contributed by atoms with van der Waals surface area (Å²) in [6.45, 7) is 3.26. The Morgan fingerprint density at radius 3 is 2.75 bits per heavy atom. The van der Waals surface area contributed by atoms with Crippen molar-refractivity contribution in [3.8, 4) is 0 Å². The molecule has 16 heavy (non-hydrogen) atoms. The van der Waals surface area contributed by atoms with Crippen molar-refractivity contribution in [1.82, 2.24) is 10.3 Å². The number of nitrogens with zero attached hydrogens (tertiary/aromatic N) is 1. The van der Waals surface area contributed by atoms with Crippen molar-refractivity contribution >= 4 is 0 Å². The maximum absolute atomic E-state index is 9.46. The molecule has 0 aliphatic carbocycles. The van der Waals surface area contributed by atoms with Crippen LogP contribution in [0.5, 0.6) is 0 Å². The molecule has 0 aromatic carbocycles. The first kappa shape index (κ1) is 13.1. The monoisotopic (exact) mass is 224 g/mol. The highest BCUT2D eigenvalue weighted by molar-refractivity contribution is 5.13. The number of aliphatic hydroxyl groups excluding tert-OH is 1. The summed E-state index contributed by atoms with van der Waals surface area (Å²) >= 11 is 0. The van der Waals surface area contributed by atoms with Crippen LogP contribution in [-0.2, 0) is 4.74 Å². The number of hydrogen-bond donors (Lipinski definition) is 2. The van der Waals surface area contributed by atoms with E-state index in [1.807, 2.05) is 12.1 Å². The molecule has 0 aliphatic rings. The third kappa shape index (κ3) is 4.70. The van der Waals surface area contributed by atoms with Crippen molar-refractivity contribution in [1.29, 1.82) is 0 Å². The van der Waals surface area contributed by atoms with Crippen molar-refractivity contribution in [2.24, 2.45) is 0 Å². The molecule has 4 heteroatoms. The summed E-state index contributed by atoms with van der Waals surface area (Å²) in [6, 6.07) is 4.25. The lowest BCUT2D eigenvalue weighted by Gasteiger charge is -2.15. The number of hydrogen-bond acceptors (Lipinski definition) is 4. The van der Waals surface area contributed by atoms with Gasteiger partial charge in [-0.2, -0.15) is 0 Å². The van der Waals surface area contributed by atoms with Crippen LogP contribution in [0.25, 0.3) is 0 Å². The van der Waals surface area contributed by atoms with Crippen molar-refractivity contribution < 1.29 is 9.84 Å². The summed E-state index contributed by atoms with van der Waals surface area (Å²) < 4.78 is 4.86. The van der Waals surface area contributed by atoms with Crippen molar-refractivity contribution in [3.63, 3.8) is 0 Å². The third-order valence-corrected chi connectivity index (χ3v) is 2.49. The highest BCUT2D eigenvalue weighted by atomic mass is 16.5. The summed E-state index contributed by atoms with van der Waals surface area (Å²) in [5, 5.41) is 12.8. The second-order valence-corrected chi connectivity index (χ2v) is 3.85. The average molecular weight is 224 g/mol. The SMILES string of the molecule is COCC(O)CCNC(C)c1ccncc1. The first-order valence-corrected chi connectivity index (χ1v) is 5.54. The van der Waals surface area contributed by atoms with Gasteiger partial charge >= 0.3 is 0 Å². The molecule has 0 saturated heterocycles. The number of rotatable bonds is 7. The highest BCUT2D eigenvalue weighted by Crippen LogP contribution is 2.09. The molecule has 0 aliphatic heterocycles. The van der Waals surface area contributed by atoms with E-state index in [-0.39, 0.29) is 12.1 Å². The van der Waals surface area contributed by atoms with E-state index in [4.69, 9.17) is 4.74 Å². The molecule has 0 bridgehead atoms. The maximum atomic E-state index is 9.46. The van der Waals surface area contributed by atoms with E-state index >= 15 is 0 Å². The molecule has 1 heterocycles. The molecule has 4 nitrogen and oxygen atoms in total. The van der Waals surface area contributed by atoms with Crippen LogP contribution in [0.4, 0.5) is 0 Å². The molecule has 1 aromatic rings. The molecule has 2 atom stereocenters. The summed E-state index contributed by atoms with van der Waals surface area (Å²) in [4.78, 5) is 3.98. The fourth-order valence-corrected chi connectivity index (χ4v) is 1.51. The van der Waals surface area contributed by atoms with Crippen LogP contribution in [0.15, 0.2) is 24.5 Å². The van der Waals surface area contributed by atoms with Crippen LogP contribution < -0.4 is 5.32 Å². The van der Waals surface area contributed by atoms with Crippen LogP contribution in [0, 0.1) is 0 Å². The molecule has 0 radical (unpaired) electrons. The van der Waals surface area contributed by atoms with E-state index in [1.165, 1.54) is 5.56 Å². The highest BCUT2D eigenvalue weighted by Gasteiger charge is 2.06. The van der Waals surface area contributed by atoms with E-state index in [2.05, 4.69) is 17.2 Å². The normalized spacial score (nSPS) is 14.7. The molecule has 1 rings (SSSR count). The standard InChI is InChI=1S/C12H20N2O2/c1-10(11-3-6-13-7-4-11)14-8-5-12(15)9-16-2/h3-4,6-7,10,12,14-15H,5,8-9H2,1-2H3. The summed E-state index contributed by atoms with van der Waals surface area (Å²) in [7, 11) is 1.59. The van der Waals surface area contributed by atoms with Gasteiger partial charge in [0.2, 0.25) is 0 Å². The van der Waals surface area contributed by atoms with Gasteiger partial charge in [-0.15, -0.1) is 0 Å². The van der Waals surface area contributed by atoms with Gasteiger partial charge in [-0.1, -0.05) is 0 Å². The summed E-state index contributed by atoms with van der Waals surface area (Å²) in [6.07, 6.45) is 3.88. The third-order valence-electron chi connectivity index (χ3n) is 2.49. The largest absolute Gasteiger partial charge is 0.391 e. The Balaban J connectivity index is 2.23. The average Bonchev–Trinajstić information content (AvgIpc) is 2.30. The van der Waals surface area contributed by atoms with E-state index in [0.29, 0.717) is 13.0 Å². The Hall–Kier alpha value is -0.970. The lowest BCUT2D eigenvalue weighted by molar-refractivity contribution is 0.0590. The molecule has 1 aromatic heterocycles. The Morgan fingerprint density at radius 1 is 1.44 bits per heavy atom. The number of pyridine rings is 1. The first-order chi connectivity index (χ1) is 7.74. The molecule has 0 fully saturated rings. The fourth-order valence-electron chi connectivity index (χ4n) is 1.51. The van der Waals surface area contributed by atoms with Crippen LogP contribution in [-0.4, -0.2) is 36.5 Å². The van der Waals surface area contributed by atoms with Gasteiger partial charge in [0, 0.05) is 25.5 Å². The second-order valence-electron chi connectivity index (χ2n) is 3.85. The van der Waals surface area contributed by atoms with Gasteiger partial charge in [-0.05, 0) is 37.6 Å². The van der Waals surface area contributed by atoms with E-state index in [0.717, 1.165) is 6.54 Å². The molecular weight excluding hydrogens is 204 g/mol. The predicted octanol–water partition coefficient (Wildman–Crippen LogP) is 1.13. The van der Waals surface area contributed by atoms with Gasteiger partial charge in [0.25, 0.3) is 0 Å². The number of aliphatic hydroxyl groups is 1. The number of aromatic nitrogens is 1. The zero-order chi connectivity index (χ0) is 11.8. The van der Waals surface area contributed by atoms with E-state index < -0.39 is 0 Å². The van der Waals surface area contributed by atoms with Crippen LogP contribution in [0.1, 0.15) is 24.9 Å². The number of methoxy groups -OCH3 is 1. The predicted molar refractivity (Wildman–Crippen MR) is 63.2 cm³/mol. The van der Waals surface area contributed by atoms with E-state index in [1.54, 1.807) is 19.5 Å². The van der Waals surface area contributed by atoms with Crippen LogP contribution in [0.3, 0.4) is 0 Å². The van der Waals surface area contributed by atoms with Crippen LogP contribution in [0.2, 0.25) is 0 Å². The Bertz CT molecular complexity index is 280. The molecule has 0 saturated carbocycles. The van der Waals surface area contributed by atoms with Gasteiger partial charge in [0.1, 0.15) is 0 Å². The molecule has 2 N–H and O–H groups in total. The minimum atomic E-state index is -0.387. The van der Waals surface area contributed by atoms with Gasteiger partial charge in [-0.25, -0.2) is 0 Å². The Morgan fingerprint density at radius 2 is 2.12 bits per heavy atom. The minimum absolute atomic E-state index is 0.276. The lowest BCUT2D eigenvalue weighted by atomic mass is 10.1. The van der Waals surface area contributed by atoms with Crippen LogP contribution >= 0.6 is 0 Å². The Kier molecular flexibility index (Phi) is 6.00. The zero-order valence-electron chi connectivity index (χ0n) is 9.89. The fraction of sp³-hybridized carbons (Fsp3) is 0.583. The van der Waals surface area contributed by atoms with Gasteiger partial charge in [0.15, 0.2) is 0 Å². The number of nitrogens with one attached hydrogen (secondary N) is 1. The summed E-state index contributed by atoms with van der Waals surface area (Å²) in [5.41, 5.74) is 1.20. The zero-order valence-corrected chi connectivity index (χ0v) is 9.89. The van der Waals surface area contributed by atoms with Gasteiger partial charge in [-0.3, -0.25) is 4.98 Å². The maximum Gasteiger partial charge on any atom is 0.0785 e. The van der Waals surface area contributed by atoms with Crippen molar-refractivity contribution in [2.45, 2.75) is 25.5 Å². The molecule has 0 amide bonds. The molecular formula is C12H20N2O2. The van der Waals surface area contributed by atoms with Crippen molar-refractivity contribution in [2.75, 3.05) is 20.3 Å². The van der Waals surface area contributed by atoms with Crippen molar-refractivity contribution in [3.05, 3.63) is 30.1 Å². The molecule has 2 unspecified atom stereocenters. The topological polar surface area (TPSA) is 54.4 Å². The van der Waals surface area contributed by atoms with E-state index in [9.17, 15) is 5.11 Å². The lowest BCUT2D eigenvalue weighted by Crippen LogP contribution is -2.25. The number of ether oxygens (including phenoxy) is 1. The summed E-state index contributed by atoms with van der Waals surface area (Å²) in [5.74, 6) is 0. The quantitative estimate of drug-likeness (QED) is 0.729. The Labute approximate surface area is 96.7 Å². The van der Waals surface area contributed by atoms with Gasteiger partial charge in [0.05, 0.1) is 12.7 Å².